The molecular weight excluding hydrogens is 302 g/mol. The monoisotopic (exact) mass is 319 g/mol. The molecule has 0 aliphatic heterocycles. The third kappa shape index (κ3) is 3.65. The van der Waals surface area contributed by atoms with Gasteiger partial charge in [-0.15, -0.1) is 0 Å². The van der Waals surface area contributed by atoms with Gasteiger partial charge in [-0.05, 0) is 48.9 Å². The second-order valence-corrected chi connectivity index (χ2v) is 6.97. The topological polar surface area (TPSA) is 72.5 Å². The van der Waals surface area contributed by atoms with Crippen molar-refractivity contribution in [3.8, 4) is 5.75 Å². The number of hydrogen-bond donors (Lipinski definition) is 1. The van der Waals surface area contributed by atoms with E-state index in [2.05, 4.69) is 5.32 Å². The summed E-state index contributed by atoms with van der Waals surface area (Å²) in [6.07, 6.45) is 1.12. The van der Waals surface area contributed by atoms with Crippen LogP contribution in [0, 0.1) is 6.92 Å². The van der Waals surface area contributed by atoms with E-state index < -0.39 is 9.84 Å². The van der Waals surface area contributed by atoms with Gasteiger partial charge in [-0.25, -0.2) is 8.42 Å². The van der Waals surface area contributed by atoms with Crippen molar-refractivity contribution in [2.24, 2.45) is 0 Å². The molecule has 0 fully saturated rings. The van der Waals surface area contributed by atoms with E-state index in [1.807, 2.05) is 19.1 Å². The fraction of sp³-hybridized carbons (Fsp3) is 0.188. The van der Waals surface area contributed by atoms with Gasteiger partial charge in [-0.2, -0.15) is 0 Å². The number of sulfone groups is 1. The highest BCUT2D eigenvalue weighted by atomic mass is 32.2. The number of nitrogens with one attached hydrogen (secondary N) is 1. The normalized spacial score (nSPS) is 11.0. The highest BCUT2D eigenvalue weighted by Crippen LogP contribution is 2.25. The summed E-state index contributed by atoms with van der Waals surface area (Å²) >= 11 is 0. The van der Waals surface area contributed by atoms with Crippen LogP contribution in [0.2, 0.25) is 0 Å². The molecule has 0 bridgehead atoms. The molecule has 0 aliphatic carbocycles. The molecule has 0 atom stereocenters. The van der Waals surface area contributed by atoms with Crippen LogP contribution in [0.25, 0.3) is 0 Å². The molecule has 0 spiro atoms. The predicted molar refractivity (Wildman–Crippen MR) is 85.2 cm³/mol. The highest BCUT2D eigenvalue weighted by molar-refractivity contribution is 7.90. The Bertz CT molecular complexity index is 795. The molecule has 0 unspecified atom stereocenters. The molecule has 0 saturated heterocycles. The third-order valence-electron chi connectivity index (χ3n) is 3.15. The Morgan fingerprint density at radius 2 is 1.73 bits per heavy atom. The van der Waals surface area contributed by atoms with Crippen LogP contribution in [0.1, 0.15) is 15.9 Å². The first-order valence-corrected chi connectivity index (χ1v) is 8.46. The van der Waals surface area contributed by atoms with Crippen molar-refractivity contribution in [1.82, 2.24) is 0 Å². The summed E-state index contributed by atoms with van der Waals surface area (Å²) in [5, 5.41) is 2.76. The van der Waals surface area contributed by atoms with Crippen molar-refractivity contribution in [3.63, 3.8) is 0 Å². The maximum Gasteiger partial charge on any atom is 0.255 e. The fourth-order valence-corrected chi connectivity index (χ4v) is 2.60. The lowest BCUT2D eigenvalue weighted by molar-refractivity contribution is 0.102. The van der Waals surface area contributed by atoms with E-state index in [1.54, 1.807) is 6.07 Å². The molecule has 0 heterocycles. The minimum absolute atomic E-state index is 0.178. The van der Waals surface area contributed by atoms with Gasteiger partial charge in [0, 0.05) is 11.8 Å². The molecule has 2 aromatic carbocycles. The smallest absolute Gasteiger partial charge is 0.255 e. The maximum absolute atomic E-state index is 12.2. The third-order valence-corrected chi connectivity index (χ3v) is 4.28. The second kappa shape index (κ2) is 6.19. The summed E-state index contributed by atoms with van der Waals surface area (Å²) in [6, 6.07) is 11.3. The van der Waals surface area contributed by atoms with Gasteiger partial charge in [-0.3, -0.25) is 4.79 Å². The van der Waals surface area contributed by atoms with Gasteiger partial charge in [0.25, 0.3) is 5.91 Å². The Balaban J connectivity index is 2.24. The highest BCUT2D eigenvalue weighted by Gasteiger charge is 2.12. The van der Waals surface area contributed by atoms with E-state index in [4.69, 9.17) is 4.74 Å². The summed E-state index contributed by atoms with van der Waals surface area (Å²) in [5.41, 5.74) is 1.93. The van der Waals surface area contributed by atoms with Crippen molar-refractivity contribution in [2.75, 3.05) is 18.7 Å². The molecule has 0 radical (unpaired) electrons. The number of anilines is 1. The minimum Gasteiger partial charge on any atom is -0.495 e. The Hall–Kier alpha value is -2.34. The van der Waals surface area contributed by atoms with Crippen LogP contribution in [0.4, 0.5) is 5.69 Å². The first-order valence-electron chi connectivity index (χ1n) is 6.57. The van der Waals surface area contributed by atoms with E-state index in [-0.39, 0.29) is 10.8 Å². The Morgan fingerprint density at radius 3 is 2.27 bits per heavy atom. The number of amides is 1. The largest absolute Gasteiger partial charge is 0.495 e. The van der Waals surface area contributed by atoms with Crippen LogP contribution < -0.4 is 10.1 Å². The number of rotatable bonds is 4. The zero-order valence-corrected chi connectivity index (χ0v) is 13.4. The molecule has 5 nitrogen and oxygen atoms in total. The zero-order valence-electron chi connectivity index (χ0n) is 12.6. The van der Waals surface area contributed by atoms with Crippen molar-refractivity contribution in [2.45, 2.75) is 11.8 Å². The number of methoxy groups -OCH3 is 1. The van der Waals surface area contributed by atoms with Gasteiger partial charge in [0.2, 0.25) is 0 Å². The maximum atomic E-state index is 12.2. The predicted octanol–water partition coefficient (Wildman–Crippen LogP) is 2.66. The summed E-state index contributed by atoms with van der Waals surface area (Å²) in [7, 11) is -1.74. The second-order valence-electron chi connectivity index (χ2n) is 4.95. The summed E-state index contributed by atoms with van der Waals surface area (Å²) in [6.45, 7) is 1.91. The van der Waals surface area contributed by atoms with Crippen molar-refractivity contribution in [3.05, 3.63) is 53.6 Å². The molecule has 1 N–H and O–H groups in total. The molecule has 22 heavy (non-hydrogen) atoms. The lowest BCUT2D eigenvalue weighted by Crippen LogP contribution is -2.13. The summed E-state index contributed by atoms with van der Waals surface area (Å²) in [5.74, 6) is 0.232. The van der Waals surface area contributed by atoms with E-state index >= 15 is 0 Å². The molecule has 0 saturated carbocycles. The van der Waals surface area contributed by atoms with Gasteiger partial charge < -0.3 is 10.1 Å². The van der Waals surface area contributed by atoms with Crippen LogP contribution >= 0.6 is 0 Å². The molecule has 6 heteroatoms. The standard InChI is InChI=1S/C16H17NO4S/c1-11-4-9-15(21-2)14(10-11)17-16(18)12-5-7-13(8-6-12)22(3,19)20/h4-10H,1-3H3,(H,17,18). The van der Waals surface area contributed by atoms with E-state index in [9.17, 15) is 13.2 Å². The molecule has 1 amide bonds. The number of benzene rings is 2. The van der Waals surface area contributed by atoms with Crippen LogP contribution in [0.15, 0.2) is 47.4 Å². The van der Waals surface area contributed by atoms with E-state index in [1.165, 1.54) is 31.4 Å². The zero-order chi connectivity index (χ0) is 16.3. The number of hydrogen-bond acceptors (Lipinski definition) is 4. The van der Waals surface area contributed by atoms with Crippen LogP contribution in [-0.4, -0.2) is 27.7 Å². The number of ether oxygens (including phenoxy) is 1. The molecule has 0 aliphatic rings. The summed E-state index contributed by atoms with van der Waals surface area (Å²) < 4.78 is 28.0. The average Bonchev–Trinajstić information content (AvgIpc) is 2.46. The molecule has 2 aromatic rings. The Morgan fingerprint density at radius 1 is 1.09 bits per heavy atom. The minimum atomic E-state index is -3.27. The SMILES string of the molecule is COc1ccc(C)cc1NC(=O)c1ccc(S(C)(=O)=O)cc1. The van der Waals surface area contributed by atoms with Gasteiger partial charge in [-0.1, -0.05) is 6.07 Å². The Kier molecular flexibility index (Phi) is 4.51. The first-order chi connectivity index (χ1) is 10.3. The number of carbonyl (C=O) groups is 1. The molecule has 2 rings (SSSR count). The molecule has 0 aromatic heterocycles. The van der Waals surface area contributed by atoms with Crippen LogP contribution in [0.3, 0.4) is 0 Å². The van der Waals surface area contributed by atoms with Crippen LogP contribution in [0.5, 0.6) is 5.75 Å². The summed E-state index contributed by atoms with van der Waals surface area (Å²) in [4.78, 5) is 12.4. The van der Waals surface area contributed by atoms with Gasteiger partial charge >= 0.3 is 0 Å². The lowest BCUT2D eigenvalue weighted by Gasteiger charge is -2.11. The average molecular weight is 319 g/mol. The van der Waals surface area contributed by atoms with Crippen molar-refractivity contribution >= 4 is 21.4 Å². The van der Waals surface area contributed by atoms with Crippen LogP contribution in [-0.2, 0) is 9.84 Å². The van der Waals surface area contributed by atoms with Gasteiger partial charge in [0.1, 0.15) is 5.75 Å². The van der Waals surface area contributed by atoms with E-state index in [0.717, 1.165) is 11.8 Å². The van der Waals surface area contributed by atoms with Gasteiger partial charge in [0.05, 0.1) is 17.7 Å². The van der Waals surface area contributed by atoms with Crippen molar-refractivity contribution < 1.29 is 17.9 Å². The van der Waals surface area contributed by atoms with Gasteiger partial charge in [0.15, 0.2) is 9.84 Å². The molecular formula is C16H17NO4S. The number of carbonyl (C=O) groups excluding carboxylic acids is 1. The lowest BCUT2D eigenvalue weighted by atomic mass is 10.1. The van der Waals surface area contributed by atoms with E-state index in [0.29, 0.717) is 17.0 Å². The quantitative estimate of drug-likeness (QED) is 0.940. The Labute approximate surface area is 129 Å². The first kappa shape index (κ1) is 16.0. The number of aryl methyl sites for hydroxylation is 1. The van der Waals surface area contributed by atoms with Crippen molar-refractivity contribution in [1.29, 1.82) is 0 Å². The molecule has 116 valence electrons. The fourth-order valence-electron chi connectivity index (χ4n) is 1.97.